The molecule has 1 atom stereocenters. The van der Waals surface area contributed by atoms with Gasteiger partial charge >= 0.3 is 0 Å². The summed E-state index contributed by atoms with van der Waals surface area (Å²) in [5, 5.41) is 0. The predicted octanol–water partition coefficient (Wildman–Crippen LogP) is 1.53. The zero-order valence-corrected chi connectivity index (χ0v) is 10.6. The Morgan fingerprint density at radius 1 is 1.43 bits per heavy atom. The molecule has 4 heteroatoms. The second kappa shape index (κ2) is 8.19. The van der Waals surface area contributed by atoms with E-state index in [1.54, 1.807) is 7.11 Å². The Kier molecular flexibility index (Phi) is 8.11. The highest BCUT2D eigenvalue weighted by molar-refractivity contribution is 7.17. The fourth-order valence-corrected chi connectivity index (χ4v) is 1.66. The quantitative estimate of drug-likeness (QED) is 0.659. The van der Waals surface area contributed by atoms with Gasteiger partial charge in [-0.3, -0.25) is 4.79 Å². The van der Waals surface area contributed by atoms with Crippen molar-refractivity contribution in [2.24, 2.45) is 0 Å². The normalized spacial score (nSPS) is 17.3. The molecular formula is C10H22NO2P. The van der Waals surface area contributed by atoms with Gasteiger partial charge in [0.2, 0.25) is 5.91 Å². The fourth-order valence-electron chi connectivity index (χ4n) is 1.36. The summed E-state index contributed by atoms with van der Waals surface area (Å²) in [5.74, 6) is 0.120. The number of carbonyl (C=O) groups is 1. The van der Waals surface area contributed by atoms with Crippen molar-refractivity contribution < 1.29 is 9.53 Å². The first kappa shape index (κ1) is 13.9. The first-order valence-electron chi connectivity index (χ1n) is 5.26. The number of piperidine rings is 1. The van der Waals surface area contributed by atoms with Gasteiger partial charge in [0.1, 0.15) is 6.61 Å². The molecule has 1 heterocycles. The van der Waals surface area contributed by atoms with Crippen molar-refractivity contribution in [2.45, 2.75) is 32.3 Å². The van der Waals surface area contributed by atoms with Gasteiger partial charge in [-0.25, -0.2) is 0 Å². The summed E-state index contributed by atoms with van der Waals surface area (Å²) >= 11 is 0. The number of methoxy groups -OCH3 is 1. The van der Waals surface area contributed by atoms with E-state index in [0.717, 1.165) is 25.9 Å². The molecular weight excluding hydrogens is 197 g/mol. The molecule has 0 N–H and O–H groups in total. The number of likely N-dealkylation sites (tertiary alicyclic amines) is 1. The first-order valence-corrected chi connectivity index (χ1v) is 5.93. The predicted molar refractivity (Wildman–Crippen MR) is 62.5 cm³/mol. The summed E-state index contributed by atoms with van der Waals surface area (Å²) in [4.78, 5) is 13.2. The van der Waals surface area contributed by atoms with Crippen LogP contribution in [0.2, 0.25) is 0 Å². The average molecular weight is 219 g/mol. The third kappa shape index (κ3) is 4.92. The van der Waals surface area contributed by atoms with Gasteiger partial charge < -0.3 is 9.64 Å². The van der Waals surface area contributed by atoms with Crippen LogP contribution in [0.1, 0.15) is 26.7 Å². The maximum Gasteiger partial charge on any atom is 0.248 e. The molecule has 1 rings (SSSR count). The van der Waals surface area contributed by atoms with E-state index in [2.05, 4.69) is 9.24 Å². The molecule has 0 aromatic rings. The van der Waals surface area contributed by atoms with Gasteiger partial charge in [-0.05, 0) is 18.5 Å². The van der Waals surface area contributed by atoms with E-state index < -0.39 is 0 Å². The van der Waals surface area contributed by atoms with E-state index in [4.69, 9.17) is 4.74 Å². The van der Waals surface area contributed by atoms with Crippen molar-refractivity contribution in [3.63, 3.8) is 0 Å². The van der Waals surface area contributed by atoms with E-state index in [-0.39, 0.29) is 12.5 Å². The van der Waals surface area contributed by atoms with Crippen LogP contribution in [0.25, 0.3) is 0 Å². The number of amides is 1. The highest BCUT2D eigenvalue weighted by Crippen LogP contribution is 2.17. The van der Waals surface area contributed by atoms with Crippen molar-refractivity contribution in [3.05, 3.63) is 0 Å². The third-order valence-corrected chi connectivity index (χ3v) is 2.83. The Hall–Kier alpha value is -0.140. The number of rotatable bonds is 2. The zero-order chi connectivity index (χ0) is 11.0. The molecule has 0 saturated carbocycles. The Morgan fingerprint density at radius 3 is 2.36 bits per heavy atom. The number of hydrogen-bond acceptors (Lipinski definition) is 2. The lowest BCUT2D eigenvalue weighted by atomic mass is 10.1. The van der Waals surface area contributed by atoms with Gasteiger partial charge in [0.15, 0.2) is 0 Å². The Balaban J connectivity index is 0.000000791. The van der Waals surface area contributed by atoms with Crippen molar-refractivity contribution in [3.8, 4) is 0 Å². The molecule has 0 aromatic heterocycles. The number of ether oxygens (including phenoxy) is 1. The lowest BCUT2D eigenvalue weighted by molar-refractivity contribution is -0.135. The molecule has 0 bridgehead atoms. The van der Waals surface area contributed by atoms with Crippen LogP contribution in [0.5, 0.6) is 0 Å². The van der Waals surface area contributed by atoms with Gasteiger partial charge in [0.05, 0.1) is 0 Å². The third-order valence-electron chi connectivity index (χ3n) is 2.16. The number of carbonyl (C=O) groups excluding carboxylic acids is 1. The minimum atomic E-state index is 0.120. The maximum absolute atomic E-state index is 11.3. The Labute approximate surface area is 89.4 Å². The number of hydrogen-bond donors (Lipinski definition) is 0. The van der Waals surface area contributed by atoms with Gasteiger partial charge in [-0.2, -0.15) is 0 Å². The lowest BCUT2D eigenvalue weighted by Crippen LogP contribution is -2.40. The summed E-state index contributed by atoms with van der Waals surface area (Å²) in [6.07, 6.45) is 2.19. The molecule has 1 amide bonds. The summed E-state index contributed by atoms with van der Waals surface area (Å²) in [7, 11) is 4.37. The minimum Gasteiger partial charge on any atom is -0.375 e. The lowest BCUT2D eigenvalue weighted by Gasteiger charge is -2.29. The Morgan fingerprint density at radius 2 is 1.93 bits per heavy atom. The van der Waals surface area contributed by atoms with Crippen LogP contribution in [0, 0.1) is 0 Å². The molecule has 1 fully saturated rings. The molecule has 0 spiro atoms. The summed E-state index contributed by atoms with van der Waals surface area (Å²) < 4.78 is 4.79. The SMILES string of the molecule is CC.COCC(=O)N1CCC(P)CC1. The monoisotopic (exact) mass is 219 g/mol. The van der Waals surface area contributed by atoms with E-state index in [1.165, 1.54) is 0 Å². The highest BCUT2D eigenvalue weighted by Gasteiger charge is 2.19. The van der Waals surface area contributed by atoms with Gasteiger partial charge in [-0.15, -0.1) is 9.24 Å². The molecule has 0 radical (unpaired) electrons. The number of nitrogens with zero attached hydrogens (tertiary/aromatic N) is 1. The topological polar surface area (TPSA) is 29.5 Å². The second-order valence-corrected chi connectivity index (χ2v) is 4.09. The van der Waals surface area contributed by atoms with Crippen LogP contribution in [-0.4, -0.2) is 43.3 Å². The van der Waals surface area contributed by atoms with Gasteiger partial charge in [-0.1, -0.05) is 13.8 Å². The largest absolute Gasteiger partial charge is 0.375 e. The molecule has 0 aromatic carbocycles. The molecule has 0 aliphatic carbocycles. The van der Waals surface area contributed by atoms with Crippen LogP contribution in [0.15, 0.2) is 0 Å². The molecule has 1 aliphatic heterocycles. The van der Waals surface area contributed by atoms with Crippen molar-refractivity contribution in [2.75, 3.05) is 26.8 Å². The fraction of sp³-hybridized carbons (Fsp3) is 0.900. The van der Waals surface area contributed by atoms with Crippen molar-refractivity contribution >= 4 is 15.1 Å². The molecule has 3 nitrogen and oxygen atoms in total. The Bertz CT molecular complexity index is 156. The first-order chi connectivity index (χ1) is 6.74. The average Bonchev–Trinajstić information content (AvgIpc) is 2.22. The van der Waals surface area contributed by atoms with E-state index in [9.17, 15) is 4.79 Å². The summed E-state index contributed by atoms with van der Waals surface area (Å²) in [6.45, 7) is 5.99. The maximum atomic E-state index is 11.3. The van der Waals surface area contributed by atoms with Gasteiger partial charge in [0.25, 0.3) is 0 Å². The molecule has 1 aliphatic rings. The van der Waals surface area contributed by atoms with Crippen LogP contribution < -0.4 is 0 Å². The van der Waals surface area contributed by atoms with E-state index in [0.29, 0.717) is 5.66 Å². The smallest absolute Gasteiger partial charge is 0.248 e. The van der Waals surface area contributed by atoms with E-state index in [1.807, 2.05) is 18.7 Å². The summed E-state index contributed by atoms with van der Waals surface area (Å²) in [5.41, 5.74) is 0.691. The van der Waals surface area contributed by atoms with Crippen molar-refractivity contribution in [1.29, 1.82) is 0 Å². The molecule has 84 valence electrons. The molecule has 1 unspecified atom stereocenters. The second-order valence-electron chi connectivity index (χ2n) is 3.15. The van der Waals surface area contributed by atoms with Gasteiger partial charge in [0, 0.05) is 20.2 Å². The van der Waals surface area contributed by atoms with E-state index >= 15 is 0 Å². The van der Waals surface area contributed by atoms with Crippen LogP contribution in [0.4, 0.5) is 0 Å². The van der Waals surface area contributed by atoms with Crippen LogP contribution in [0.3, 0.4) is 0 Å². The van der Waals surface area contributed by atoms with Crippen LogP contribution >= 0.6 is 9.24 Å². The zero-order valence-electron chi connectivity index (χ0n) is 9.45. The summed E-state index contributed by atoms with van der Waals surface area (Å²) in [6, 6.07) is 0. The molecule has 14 heavy (non-hydrogen) atoms. The highest BCUT2D eigenvalue weighted by atomic mass is 31.0. The van der Waals surface area contributed by atoms with Crippen LogP contribution in [-0.2, 0) is 9.53 Å². The standard InChI is InChI=1S/C8H16NO2P.C2H6/c1-11-6-8(10)9-4-2-7(12)3-5-9;1-2/h7H,2-6,12H2,1H3;1-2H3. The van der Waals surface area contributed by atoms with Crippen molar-refractivity contribution in [1.82, 2.24) is 4.90 Å². The minimum absolute atomic E-state index is 0.120. The molecule has 1 saturated heterocycles.